The molecule has 0 radical (unpaired) electrons. The minimum absolute atomic E-state index is 0.0356. The van der Waals surface area contributed by atoms with E-state index in [4.69, 9.17) is 10.8 Å². The molecule has 1 heterocycles. The molecule has 0 aliphatic heterocycles. The molecular formula is C23H30N6O9. The van der Waals surface area contributed by atoms with Gasteiger partial charge in [-0.2, -0.15) is 0 Å². The second kappa shape index (κ2) is 14.3. The molecule has 15 nitrogen and oxygen atoms in total. The zero-order valence-corrected chi connectivity index (χ0v) is 20.2. The van der Waals surface area contributed by atoms with E-state index < -0.39 is 60.4 Å². The lowest BCUT2D eigenvalue weighted by Crippen LogP contribution is -2.58. The van der Waals surface area contributed by atoms with Crippen LogP contribution < -0.4 is 21.7 Å². The molecule has 0 aliphatic carbocycles. The summed E-state index contributed by atoms with van der Waals surface area (Å²) in [6.45, 7) is -0.867. The highest BCUT2D eigenvalue weighted by Crippen LogP contribution is 2.12. The Labute approximate surface area is 216 Å². The quantitative estimate of drug-likeness (QED) is 0.117. The molecule has 0 aliphatic rings. The van der Waals surface area contributed by atoms with Gasteiger partial charge in [0, 0.05) is 31.2 Å². The van der Waals surface area contributed by atoms with Crippen molar-refractivity contribution >= 4 is 29.7 Å². The Balaban J connectivity index is 2.16. The number of aliphatic hydroxyl groups is 1. The third-order valence-electron chi connectivity index (χ3n) is 5.42. The minimum Gasteiger partial charge on any atom is -0.508 e. The number of rotatable bonds is 15. The fourth-order valence-corrected chi connectivity index (χ4v) is 3.32. The Bertz CT molecular complexity index is 1110. The van der Waals surface area contributed by atoms with E-state index in [2.05, 4.69) is 25.9 Å². The number of aromatic nitrogens is 2. The fraction of sp³-hybridized carbons (Fsp3) is 0.391. The predicted octanol–water partition coefficient (Wildman–Crippen LogP) is -2.38. The fourth-order valence-electron chi connectivity index (χ4n) is 3.32. The number of aromatic amines is 1. The Kier molecular flexibility index (Phi) is 11.2. The third-order valence-corrected chi connectivity index (χ3v) is 5.42. The van der Waals surface area contributed by atoms with Gasteiger partial charge in [0.2, 0.25) is 17.7 Å². The van der Waals surface area contributed by atoms with E-state index in [9.17, 15) is 39.3 Å². The number of phenols is 1. The predicted molar refractivity (Wildman–Crippen MR) is 129 cm³/mol. The summed E-state index contributed by atoms with van der Waals surface area (Å²) in [6, 6.07) is 0.197. The summed E-state index contributed by atoms with van der Waals surface area (Å²) in [5.74, 6) is -5.25. The van der Waals surface area contributed by atoms with Crippen LogP contribution in [0.3, 0.4) is 0 Å². The van der Waals surface area contributed by atoms with Gasteiger partial charge in [-0.3, -0.25) is 19.2 Å². The van der Waals surface area contributed by atoms with Crippen LogP contribution in [-0.4, -0.2) is 90.8 Å². The van der Waals surface area contributed by atoms with Gasteiger partial charge in [-0.25, -0.2) is 9.78 Å². The molecule has 0 bridgehead atoms. The van der Waals surface area contributed by atoms with Gasteiger partial charge in [0.05, 0.1) is 19.0 Å². The van der Waals surface area contributed by atoms with Crippen molar-refractivity contribution in [3.8, 4) is 5.75 Å². The Morgan fingerprint density at radius 2 is 1.50 bits per heavy atom. The molecule has 2 aromatic rings. The zero-order valence-electron chi connectivity index (χ0n) is 20.2. The van der Waals surface area contributed by atoms with Crippen molar-refractivity contribution in [3.63, 3.8) is 0 Å². The SMILES string of the molecule is NC(CCC(=O)O)C(=O)NC(CO)C(=O)NC(Cc1ccc(O)cc1)C(=O)NC(Cc1cnc[nH]1)C(=O)O. The van der Waals surface area contributed by atoms with Crippen LogP contribution >= 0.6 is 0 Å². The van der Waals surface area contributed by atoms with E-state index in [1.165, 1.54) is 36.8 Å². The second-order valence-electron chi connectivity index (χ2n) is 8.39. The number of carboxylic acids is 2. The lowest BCUT2D eigenvalue weighted by atomic mass is 10.0. The average Bonchev–Trinajstić information content (AvgIpc) is 3.39. The maximum Gasteiger partial charge on any atom is 0.326 e. The number of phenolic OH excluding ortho intramolecular Hbond substituents is 1. The van der Waals surface area contributed by atoms with Gasteiger partial charge in [0.1, 0.15) is 23.9 Å². The molecular weight excluding hydrogens is 504 g/mol. The summed E-state index contributed by atoms with van der Waals surface area (Å²) >= 11 is 0. The van der Waals surface area contributed by atoms with Crippen LogP contribution in [-0.2, 0) is 36.8 Å². The number of aromatic hydroxyl groups is 1. The van der Waals surface area contributed by atoms with Crippen molar-refractivity contribution in [2.75, 3.05) is 6.61 Å². The van der Waals surface area contributed by atoms with Crippen LogP contribution in [0.5, 0.6) is 5.75 Å². The first-order valence-electron chi connectivity index (χ1n) is 11.5. The average molecular weight is 535 g/mol. The van der Waals surface area contributed by atoms with Crippen molar-refractivity contribution < 1.29 is 44.4 Å². The second-order valence-corrected chi connectivity index (χ2v) is 8.39. The van der Waals surface area contributed by atoms with Gasteiger partial charge in [-0.05, 0) is 24.1 Å². The van der Waals surface area contributed by atoms with Crippen molar-refractivity contribution in [1.82, 2.24) is 25.9 Å². The largest absolute Gasteiger partial charge is 0.508 e. The normalized spacial score (nSPS) is 13.9. The molecule has 206 valence electrons. The molecule has 0 saturated carbocycles. The summed E-state index contributed by atoms with van der Waals surface area (Å²) < 4.78 is 0. The zero-order chi connectivity index (χ0) is 28.2. The first-order chi connectivity index (χ1) is 18.0. The highest BCUT2D eigenvalue weighted by atomic mass is 16.4. The maximum absolute atomic E-state index is 13.1. The van der Waals surface area contributed by atoms with E-state index in [-0.39, 0.29) is 31.4 Å². The number of aliphatic carboxylic acids is 2. The molecule has 0 fully saturated rings. The van der Waals surface area contributed by atoms with Crippen LogP contribution in [0, 0.1) is 0 Å². The number of carboxylic acid groups (broad SMARTS) is 2. The molecule has 1 aromatic heterocycles. The maximum atomic E-state index is 13.1. The van der Waals surface area contributed by atoms with E-state index in [0.29, 0.717) is 11.3 Å². The summed E-state index contributed by atoms with van der Waals surface area (Å²) in [6.07, 6.45) is 1.90. The van der Waals surface area contributed by atoms with Gasteiger partial charge in [-0.15, -0.1) is 0 Å². The first kappa shape index (κ1) is 29.7. The van der Waals surface area contributed by atoms with Crippen molar-refractivity contribution in [3.05, 3.63) is 48.0 Å². The molecule has 2 rings (SSSR count). The van der Waals surface area contributed by atoms with E-state index in [1.54, 1.807) is 0 Å². The Morgan fingerprint density at radius 3 is 2.05 bits per heavy atom. The van der Waals surface area contributed by atoms with E-state index in [1.807, 2.05) is 0 Å². The highest BCUT2D eigenvalue weighted by Gasteiger charge is 2.30. The smallest absolute Gasteiger partial charge is 0.326 e. The molecule has 15 heteroatoms. The number of amides is 3. The lowest BCUT2D eigenvalue weighted by Gasteiger charge is -2.24. The summed E-state index contributed by atoms with van der Waals surface area (Å²) in [4.78, 5) is 67.2. The van der Waals surface area contributed by atoms with Crippen LogP contribution in [0.2, 0.25) is 0 Å². The number of hydrogen-bond acceptors (Lipinski definition) is 9. The number of carbonyl (C=O) groups excluding carboxylic acids is 3. The molecule has 10 N–H and O–H groups in total. The van der Waals surface area contributed by atoms with Crippen LogP contribution in [0.4, 0.5) is 0 Å². The molecule has 1 aromatic carbocycles. The van der Waals surface area contributed by atoms with Gasteiger partial charge in [0.25, 0.3) is 0 Å². The first-order valence-corrected chi connectivity index (χ1v) is 11.5. The Hall–Kier alpha value is -4.50. The molecule has 0 spiro atoms. The number of nitrogens with two attached hydrogens (primary N) is 1. The summed E-state index contributed by atoms with van der Waals surface area (Å²) in [5, 5.41) is 44.4. The molecule has 38 heavy (non-hydrogen) atoms. The van der Waals surface area contributed by atoms with Crippen LogP contribution in [0.15, 0.2) is 36.8 Å². The number of benzene rings is 1. The van der Waals surface area contributed by atoms with Gasteiger partial charge in [-0.1, -0.05) is 12.1 Å². The molecule has 3 amide bonds. The van der Waals surface area contributed by atoms with E-state index >= 15 is 0 Å². The summed E-state index contributed by atoms with van der Waals surface area (Å²) in [7, 11) is 0. The van der Waals surface area contributed by atoms with Gasteiger partial charge in [0.15, 0.2) is 0 Å². The van der Waals surface area contributed by atoms with Crippen LogP contribution in [0.1, 0.15) is 24.1 Å². The van der Waals surface area contributed by atoms with Crippen LogP contribution in [0.25, 0.3) is 0 Å². The number of nitrogens with zero attached hydrogens (tertiary/aromatic N) is 1. The standard InChI is InChI=1S/C23H30N6O9/c24-15(5-6-19(32)33)20(34)29-18(10-30)22(36)27-16(7-12-1-3-14(31)4-2-12)21(35)28-17(23(37)38)8-13-9-25-11-26-13/h1-4,9,11,15-18,30-31H,5-8,10,24H2,(H,25,26)(H,27,36)(H,28,35)(H,29,34)(H,32,33)(H,37,38). The topological polar surface area (TPSA) is 257 Å². The number of H-pyrrole nitrogens is 1. The highest BCUT2D eigenvalue weighted by molar-refractivity contribution is 5.94. The van der Waals surface area contributed by atoms with Gasteiger partial charge >= 0.3 is 11.9 Å². The van der Waals surface area contributed by atoms with Crippen molar-refractivity contribution in [2.24, 2.45) is 5.73 Å². The molecule has 4 atom stereocenters. The Morgan fingerprint density at radius 1 is 0.895 bits per heavy atom. The number of carbonyl (C=O) groups is 5. The minimum atomic E-state index is -1.53. The number of hydrogen-bond donors (Lipinski definition) is 9. The van der Waals surface area contributed by atoms with Gasteiger partial charge < -0.3 is 47.1 Å². The third kappa shape index (κ3) is 9.51. The number of imidazole rings is 1. The lowest BCUT2D eigenvalue weighted by molar-refractivity contribution is -0.142. The van der Waals surface area contributed by atoms with Crippen molar-refractivity contribution in [1.29, 1.82) is 0 Å². The monoisotopic (exact) mass is 534 g/mol. The van der Waals surface area contributed by atoms with Crippen molar-refractivity contribution in [2.45, 2.75) is 49.9 Å². The number of nitrogens with one attached hydrogen (secondary N) is 4. The van der Waals surface area contributed by atoms with E-state index in [0.717, 1.165) is 0 Å². The summed E-state index contributed by atoms with van der Waals surface area (Å²) in [5.41, 5.74) is 6.58. The molecule has 4 unspecified atom stereocenters. The number of aliphatic hydroxyl groups excluding tert-OH is 1. The molecule has 0 saturated heterocycles.